The smallest absolute Gasteiger partial charge is 0.306 e. The number of aliphatic hydroxyl groups is 5. The second kappa shape index (κ2) is 58.7. The third-order valence-corrected chi connectivity index (χ3v) is 15.2. The molecule has 476 valence electrons. The first kappa shape index (κ1) is 77.3. The van der Waals surface area contributed by atoms with Crippen LogP contribution in [-0.2, 0) is 23.8 Å². The van der Waals surface area contributed by atoms with Gasteiger partial charge in [-0.1, -0.05) is 265 Å². The molecule has 6 N–H and O–H groups in total. The Balaban J connectivity index is 2.67. The van der Waals surface area contributed by atoms with Gasteiger partial charge in [0.1, 0.15) is 24.4 Å². The summed E-state index contributed by atoms with van der Waals surface area (Å²) in [7, 11) is 0. The lowest BCUT2D eigenvalue weighted by Gasteiger charge is -2.41. The molecule has 0 spiro atoms. The number of esters is 1. The van der Waals surface area contributed by atoms with Crippen molar-refractivity contribution in [1.82, 2.24) is 5.32 Å². The summed E-state index contributed by atoms with van der Waals surface area (Å²) < 4.78 is 17.7. The van der Waals surface area contributed by atoms with E-state index in [4.69, 9.17) is 14.2 Å². The van der Waals surface area contributed by atoms with Crippen LogP contribution in [0.1, 0.15) is 271 Å². The SMILES string of the molecule is CC/C=C\C/C=C\C/C=C\C/C=C\C/C=C\CCCCCCC(O)C(=O)NC(COC1OC(CO)C(O)C(O)C1OC(=O)CCCCCCCCCC/C=C\C/C=C\C/C=C\CCCCC)C(O)/C=C/CCCCCCCCCCCCC. The molecule has 83 heavy (non-hydrogen) atoms. The fourth-order valence-electron chi connectivity index (χ4n) is 9.86. The van der Waals surface area contributed by atoms with E-state index in [-0.39, 0.29) is 19.4 Å². The van der Waals surface area contributed by atoms with E-state index in [1.807, 2.05) is 6.08 Å². The molecular formula is C72H123NO10. The molecule has 1 aliphatic rings. The molecule has 1 amide bonds. The number of aliphatic hydroxyl groups excluding tert-OH is 5. The minimum absolute atomic E-state index is 0.107. The van der Waals surface area contributed by atoms with Crippen molar-refractivity contribution in [2.75, 3.05) is 13.2 Å². The first-order valence-corrected chi connectivity index (χ1v) is 33.7. The molecule has 1 aliphatic heterocycles. The summed E-state index contributed by atoms with van der Waals surface area (Å²) in [6.45, 7) is 5.64. The van der Waals surface area contributed by atoms with E-state index >= 15 is 0 Å². The summed E-state index contributed by atoms with van der Waals surface area (Å²) in [6.07, 6.45) is 69.7. The molecule has 1 fully saturated rings. The quantitative estimate of drug-likeness (QED) is 0.0195. The van der Waals surface area contributed by atoms with E-state index < -0.39 is 67.4 Å². The number of hydrogen-bond acceptors (Lipinski definition) is 10. The van der Waals surface area contributed by atoms with Gasteiger partial charge in [0.2, 0.25) is 5.91 Å². The Morgan fingerprint density at radius 2 is 0.867 bits per heavy atom. The lowest BCUT2D eigenvalue weighted by Crippen LogP contribution is -2.61. The van der Waals surface area contributed by atoms with E-state index in [1.54, 1.807) is 6.08 Å². The Hall–Kier alpha value is -3.68. The van der Waals surface area contributed by atoms with Gasteiger partial charge in [0, 0.05) is 6.42 Å². The normalized spacial score (nSPS) is 19.3. The van der Waals surface area contributed by atoms with Crippen LogP contribution >= 0.6 is 0 Å². The van der Waals surface area contributed by atoms with Crippen molar-refractivity contribution in [3.8, 4) is 0 Å². The van der Waals surface area contributed by atoms with Crippen molar-refractivity contribution in [1.29, 1.82) is 0 Å². The number of allylic oxidation sites excluding steroid dienone is 17. The number of unbranched alkanes of at least 4 members (excludes halogenated alkanes) is 26. The number of nitrogens with one attached hydrogen (secondary N) is 1. The highest BCUT2D eigenvalue weighted by Gasteiger charge is 2.47. The Bertz CT molecular complexity index is 1770. The summed E-state index contributed by atoms with van der Waals surface area (Å²) in [6, 6.07) is -1.04. The van der Waals surface area contributed by atoms with Crippen molar-refractivity contribution in [2.24, 2.45) is 0 Å². The summed E-state index contributed by atoms with van der Waals surface area (Å²) in [5.41, 5.74) is 0. The zero-order chi connectivity index (χ0) is 60.3. The molecule has 8 atom stereocenters. The summed E-state index contributed by atoms with van der Waals surface area (Å²) in [5.74, 6) is -1.23. The van der Waals surface area contributed by atoms with Crippen molar-refractivity contribution >= 4 is 11.9 Å². The molecule has 8 unspecified atom stereocenters. The van der Waals surface area contributed by atoms with Crippen LogP contribution in [0.15, 0.2) is 109 Å². The van der Waals surface area contributed by atoms with Crippen LogP contribution in [0.5, 0.6) is 0 Å². The van der Waals surface area contributed by atoms with Crippen LogP contribution in [0.4, 0.5) is 0 Å². The summed E-state index contributed by atoms with van der Waals surface area (Å²) >= 11 is 0. The largest absolute Gasteiger partial charge is 0.454 e. The number of ether oxygens (including phenoxy) is 3. The van der Waals surface area contributed by atoms with E-state index in [0.717, 1.165) is 122 Å². The highest BCUT2D eigenvalue weighted by Crippen LogP contribution is 2.26. The van der Waals surface area contributed by atoms with Crippen molar-refractivity contribution in [2.45, 2.75) is 320 Å². The van der Waals surface area contributed by atoms with E-state index in [2.05, 4.69) is 123 Å². The average Bonchev–Trinajstić information content (AvgIpc) is 3.54. The first-order chi connectivity index (χ1) is 40.7. The van der Waals surface area contributed by atoms with Crippen LogP contribution in [-0.4, -0.2) is 99.6 Å². The molecule has 0 aliphatic carbocycles. The van der Waals surface area contributed by atoms with Gasteiger partial charge in [0.05, 0.1) is 25.4 Å². The van der Waals surface area contributed by atoms with Gasteiger partial charge in [-0.05, 0) is 109 Å². The highest BCUT2D eigenvalue weighted by molar-refractivity contribution is 5.80. The van der Waals surface area contributed by atoms with Crippen molar-refractivity contribution in [3.05, 3.63) is 109 Å². The maximum Gasteiger partial charge on any atom is 0.306 e. The van der Waals surface area contributed by atoms with Gasteiger partial charge in [-0.15, -0.1) is 0 Å². The van der Waals surface area contributed by atoms with E-state index in [9.17, 15) is 35.1 Å². The monoisotopic (exact) mass is 1160 g/mol. The molecule has 0 saturated carbocycles. The van der Waals surface area contributed by atoms with Gasteiger partial charge in [0.25, 0.3) is 0 Å². The number of carbonyl (C=O) groups excluding carboxylic acids is 2. The summed E-state index contributed by atoms with van der Waals surface area (Å²) in [5, 5.41) is 57.2. The maximum atomic E-state index is 13.5. The summed E-state index contributed by atoms with van der Waals surface area (Å²) in [4.78, 5) is 26.6. The Morgan fingerprint density at radius 1 is 0.482 bits per heavy atom. The molecule has 1 rings (SSSR count). The lowest BCUT2D eigenvalue weighted by molar-refractivity contribution is -0.305. The lowest BCUT2D eigenvalue weighted by atomic mass is 9.99. The molecule has 0 bridgehead atoms. The number of rotatable bonds is 56. The molecule has 11 heteroatoms. The molecule has 11 nitrogen and oxygen atoms in total. The third kappa shape index (κ3) is 46.2. The van der Waals surface area contributed by atoms with Crippen LogP contribution in [0.2, 0.25) is 0 Å². The minimum atomic E-state index is -1.63. The Labute approximate surface area is 507 Å². The standard InChI is InChI=1S/C72H123NO10/c1-4-7-10-13-16-19-22-25-27-29-31-33-35-37-39-42-45-48-51-54-57-60-67(77)83-70-69(79)68(78)66(61-74)82-72(70)81-62-63(64(75)58-55-52-49-46-43-40-24-21-18-15-12-9-6-3)73-71(80)65(76)59-56-53-50-47-44-41-38-36-34-32-30-28-26-23-20-17-14-11-8-5-2/h8,11,16-17,19-20,25-28,31-34,38,41,55,58,63-66,68-70,72,74-76,78-79H,4-7,9-10,12-15,18,21-24,29-30,35-37,39-40,42-54,56-57,59-62H2,1-3H3,(H,73,80)/b11-8-,19-16-,20-17-,27-25-,28-26-,33-31-,34-32-,41-38-,58-55+. The van der Waals surface area contributed by atoms with Crippen LogP contribution < -0.4 is 5.32 Å². The predicted molar refractivity (Wildman–Crippen MR) is 347 cm³/mol. The molecule has 0 radical (unpaired) electrons. The molecule has 1 heterocycles. The Morgan fingerprint density at radius 3 is 1.33 bits per heavy atom. The van der Waals surface area contributed by atoms with Crippen molar-refractivity contribution in [3.63, 3.8) is 0 Å². The third-order valence-electron chi connectivity index (χ3n) is 15.2. The van der Waals surface area contributed by atoms with Gasteiger partial charge >= 0.3 is 5.97 Å². The number of hydrogen-bond donors (Lipinski definition) is 6. The van der Waals surface area contributed by atoms with Crippen LogP contribution in [0.25, 0.3) is 0 Å². The number of amides is 1. The molecule has 0 aromatic heterocycles. The van der Waals surface area contributed by atoms with Gasteiger partial charge in [-0.2, -0.15) is 0 Å². The van der Waals surface area contributed by atoms with E-state index in [0.29, 0.717) is 12.8 Å². The second-order valence-electron chi connectivity index (χ2n) is 22.8. The molecule has 0 aromatic rings. The second-order valence-corrected chi connectivity index (χ2v) is 22.8. The van der Waals surface area contributed by atoms with Gasteiger partial charge in [-0.3, -0.25) is 9.59 Å². The van der Waals surface area contributed by atoms with Gasteiger partial charge in [0.15, 0.2) is 12.4 Å². The molecular weight excluding hydrogens is 1040 g/mol. The number of carbonyl (C=O) groups is 2. The Kier molecular flexibility index (Phi) is 54.7. The zero-order valence-corrected chi connectivity index (χ0v) is 52.8. The zero-order valence-electron chi connectivity index (χ0n) is 52.8. The predicted octanol–water partition coefficient (Wildman–Crippen LogP) is 16.8. The minimum Gasteiger partial charge on any atom is -0.454 e. The van der Waals surface area contributed by atoms with Crippen LogP contribution in [0, 0.1) is 0 Å². The van der Waals surface area contributed by atoms with Crippen molar-refractivity contribution < 1.29 is 49.3 Å². The van der Waals surface area contributed by atoms with Crippen LogP contribution in [0.3, 0.4) is 0 Å². The fourth-order valence-corrected chi connectivity index (χ4v) is 9.86. The van der Waals surface area contributed by atoms with E-state index in [1.165, 1.54) is 103 Å². The molecule has 1 saturated heterocycles. The maximum absolute atomic E-state index is 13.5. The topological polar surface area (TPSA) is 175 Å². The molecule has 0 aromatic carbocycles. The van der Waals surface area contributed by atoms with Gasteiger partial charge < -0.3 is 45.1 Å². The van der Waals surface area contributed by atoms with Gasteiger partial charge in [-0.25, -0.2) is 0 Å². The fraction of sp³-hybridized carbons (Fsp3) is 0.722. The highest BCUT2D eigenvalue weighted by atomic mass is 16.7. The average molecular weight is 1160 g/mol. The first-order valence-electron chi connectivity index (χ1n) is 33.7.